The number of fused-ring (bicyclic) bond motifs is 2. The minimum Gasteiger partial charge on any atom is -0.428 e. The average Bonchev–Trinajstić information content (AvgIpc) is 2.53. The zero-order chi connectivity index (χ0) is 9.54. The highest BCUT2D eigenvalue weighted by Crippen LogP contribution is 2.27. The number of oxazole rings is 1. The first-order valence-corrected chi connectivity index (χ1v) is 5.28. The van der Waals surface area contributed by atoms with E-state index in [0.717, 1.165) is 23.9 Å². The van der Waals surface area contributed by atoms with Crippen molar-refractivity contribution in [2.24, 2.45) is 0 Å². The Balaban J connectivity index is 2.26. The lowest BCUT2D eigenvalue weighted by molar-refractivity contribution is 0.602. The summed E-state index contributed by atoms with van der Waals surface area (Å²) >= 11 is 5.71. The smallest absolute Gasteiger partial charge is 0.293 e. The summed E-state index contributed by atoms with van der Waals surface area (Å²) in [4.78, 5) is 4.12. The molecular weight excluding hydrogens is 198 g/mol. The van der Waals surface area contributed by atoms with Crippen molar-refractivity contribution in [3.8, 4) is 0 Å². The summed E-state index contributed by atoms with van der Waals surface area (Å²) in [6, 6.07) is 4.20. The van der Waals surface area contributed by atoms with Crippen molar-refractivity contribution in [2.45, 2.75) is 25.7 Å². The third kappa shape index (κ3) is 1.22. The van der Waals surface area contributed by atoms with E-state index in [9.17, 15) is 0 Å². The molecule has 1 aliphatic carbocycles. The zero-order valence-corrected chi connectivity index (χ0v) is 8.47. The maximum Gasteiger partial charge on any atom is 0.293 e. The van der Waals surface area contributed by atoms with Gasteiger partial charge >= 0.3 is 0 Å². The molecule has 1 aromatic heterocycles. The molecule has 1 aromatic carbocycles. The van der Waals surface area contributed by atoms with Gasteiger partial charge in [0.15, 0.2) is 5.58 Å². The minimum absolute atomic E-state index is 0.238. The molecule has 1 aliphatic rings. The van der Waals surface area contributed by atoms with Gasteiger partial charge in [-0.1, -0.05) is 0 Å². The summed E-state index contributed by atoms with van der Waals surface area (Å²) in [6.45, 7) is 0. The highest BCUT2D eigenvalue weighted by atomic mass is 35.5. The molecule has 3 heteroatoms. The molecule has 1 heterocycles. The van der Waals surface area contributed by atoms with Crippen LogP contribution in [0.15, 0.2) is 16.5 Å². The third-order valence-corrected chi connectivity index (χ3v) is 2.99. The van der Waals surface area contributed by atoms with Gasteiger partial charge in [0.25, 0.3) is 5.35 Å². The number of rotatable bonds is 0. The monoisotopic (exact) mass is 207 g/mol. The molecule has 0 N–H and O–H groups in total. The Bertz CT molecular complexity index is 446. The van der Waals surface area contributed by atoms with E-state index in [0.29, 0.717) is 0 Å². The Morgan fingerprint density at radius 1 is 1.14 bits per heavy atom. The van der Waals surface area contributed by atoms with Crippen LogP contribution in [0.3, 0.4) is 0 Å². The van der Waals surface area contributed by atoms with Gasteiger partial charge in [0.2, 0.25) is 0 Å². The predicted octanol–water partition coefficient (Wildman–Crippen LogP) is 3.36. The van der Waals surface area contributed by atoms with E-state index in [1.165, 1.54) is 24.0 Å². The number of aromatic nitrogens is 1. The molecule has 0 saturated heterocycles. The van der Waals surface area contributed by atoms with Gasteiger partial charge in [-0.3, -0.25) is 0 Å². The first kappa shape index (κ1) is 8.30. The number of hydrogen-bond donors (Lipinski definition) is 0. The molecule has 3 rings (SSSR count). The molecule has 2 nitrogen and oxygen atoms in total. The van der Waals surface area contributed by atoms with Crippen LogP contribution < -0.4 is 0 Å². The fourth-order valence-corrected chi connectivity index (χ4v) is 2.30. The Morgan fingerprint density at radius 3 is 2.64 bits per heavy atom. The quantitative estimate of drug-likeness (QED) is 0.662. The van der Waals surface area contributed by atoms with Crippen LogP contribution in [0.2, 0.25) is 5.35 Å². The summed E-state index contributed by atoms with van der Waals surface area (Å²) < 4.78 is 5.29. The van der Waals surface area contributed by atoms with E-state index in [1.54, 1.807) is 0 Å². The van der Waals surface area contributed by atoms with Crippen molar-refractivity contribution < 1.29 is 4.42 Å². The van der Waals surface area contributed by atoms with E-state index in [4.69, 9.17) is 16.0 Å². The lowest BCUT2D eigenvalue weighted by atomic mass is 9.91. The second kappa shape index (κ2) is 2.99. The molecule has 14 heavy (non-hydrogen) atoms. The molecule has 72 valence electrons. The molecule has 0 bridgehead atoms. The molecular formula is C11H10ClNO. The van der Waals surface area contributed by atoms with Crippen LogP contribution in [-0.2, 0) is 12.8 Å². The third-order valence-electron chi connectivity index (χ3n) is 2.83. The van der Waals surface area contributed by atoms with Gasteiger partial charge in [0, 0.05) is 0 Å². The van der Waals surface area contributed by atoms with Crippen molar-refractivity contribution in [3.63, 3.8) is 0 Å². The normalized spacial score (nSPS) is 15.8. The van der Waals surface area contributed by atoms with E-state index >= 15 is 0 Å². The van der Waals surface area contributed by atoms with Gasteiger partial charge in [-0.05, 0) is 60.5 Å². The second-order valence-corrected chi connectivity index (χ2v) is 4.09. The van der Waals surface area contributed by atoms with Gasteiger partial charge in [0.05, 0.1) is 0 Å². The number of hydrogen-bond acceptors (Lipinski definition) is 2. The molecule has 0 spiro atoms. The van der Waals surface area contributed by atoms with Crippen molar-refractivity contribution in [1.82, 2.24) is 4.98 Å². The molecule has 0 unspecified atom stereocenters. The van der Waals surface area contributed by atoms with Crippen LogP contribution in [-0.4, -0.2) is 4.98 Å². The summed E-state index contributed by atoms with van der Waals surface area (Å²) in [7, 11) is 0. The Kier molecular flexibility index (Phi) is 1.77. The average molecular weight is 208 g/mol. The van der Waals surface area contributed by atoms with Gasteiger partial charge in [-0.15, -0.1) is 0 Å². The fraction of sp³-hybridized carbons (Fsp3) is 0.364. The number of benzene rings is 1. The maximum absolute atomic E-state index is 5.71. The van der Waals surface area contributed by atoms with E-state index in [2.05, 4.69) is 17.1 Å². The highest BCUT2D eigenvalue weighted by molar-refractivity contribution is 6.28. The van der Waals surface area contributed by atoms with Crippen LogP contribution in [0.4, 0.5) is 0 Å². The predicted molar refractivity (Wildman–Crippen MR) is 55.7 cm³/mol. The first-order chi connectivity index (χ1) is 6.83. The van der Waals surface area contributed by atoms with Gasteiger partial charge in [-0.2, -0.15) is 4.98 Å². The molecule has 0 atom stereocenters. The standard InChI is InChI=1S/C11H10ClNO/c12-11-13-9-5-7-3-1-2-4-8(7)6-10(9)14-11/h5-6H,1-4H2. The molecule has 0 saturated carbocycles. The van der Waals surface area contributed by atoms with E-state index in [-0.39, 0.29) is 5.35 Å². The minimum atomic E-state index is 0.238. The summed E-state index contributed by atoms with van der Waals surface area (Å²) in [5.41, 5.74) is 4.51. The van der Waals surface area contributed by atoms with Crippen molar-refractivity contribution >= 4 is 22.7 Å². The molecule has 0 radical (unpaired) electrons. The lowest BCUT2D eigenvalue weighted by Crippen LogP contribution is -2.01. The Morgan fingerprint density at radius 2 is 1.86 bits per heavy atom. The maximum atomic E-state index is 5.71. The first-order valence-electron chi connectivity index (χ1n) is 4.91. The number of halogens is 1. The topological polar surface area (TPSA) is 26.0 Å². The molecule has 0 aliphatic heterocycles. The van der Waals surface area contributed by atoms with Crippen molar-refractivity contribution in [2.75, 3.05) is 0 Å². The number of aryl methyl sites for hydroxylation is 2. The van der Waals surface area contributed by atoms with Crippen LogP contribution in [0.25, 0.3) is 11.1 Å². The van der Waals surface area contributed by atoms with Gasteiger partial charge < -0.3 is 4.42 Å². The van der Waals surface area contributed by atoms with Gasteiger partial charge in [-0.25, -0.2) is 0 Å². The lowest BCUT2D eigenvalue weighted by Gasteiger charge is -2.14. The highest BCUT2D eigenvalue weighted by Gasteiger charge is 2.12. The van der Waals surface area contributed by atoms with Crippen molar-refractivity contribution in [1.29, 1.82) is 0 Å². The Labute approximate surface area is 86.9 Å². The van der Waals surface area contributed by atoms with Crippen LogP contribution >= 0.6 is 11.6 Å². The van der Waals surface area contributed by atoms with Crippen molar-refractivity contribution in [3.05, 3.63) is 28.6 Å². The van der Waals surface area contributed by atoms with E-state index < -0.39 is 0 Å². The van der Waals surface area contributed by atoms with Crippen LogP contribution in [0.1, 0.15) is 24.0 Å². The SMILES string of the molecule is Clc1nc2cc3c(cc2o1)CCCC3. The zero-order valence-electron chi connectivity index (χ0n) is 7.72. The summed E-state index contributed by atoms with van der Waals surface area (Å²) in [5.74, 6) is 0. The second-order valence-electron chi connectivity index (χ2n) is 3.76. The van der Waals surface area contributed by atoms with Gasteiger partial charge in [0.1, 0.15) is 5.52 Å². The molecule has 0 amide bonds. The summed E-state index contributed by atoms with van der Waals surface area (Å²) in [6.07, 6.45) is 4.88. The Hall–Kier alpha value is -1.02. The van der Waals surface area contributed by atoms with Crippen LogP contribution in [0, 0.1) is 0 Å². The largest absolute Gasteiger partial charge is 0.428 e. The summed E-state index contributed by atoms with van der Waals surface area (Å²) in [5, 5.41) is 0.238. The van der Waals surface area contributed by atoms with E-state index in [1.807, 2.05) is 0 Å². The number of nitrogens with zero attached hydrogens (tertiary/aromatic N) is 1. The molecule has 0 fully saturated rings. The fourth-order valence-electron chi connectivity index (χ4n) is 2.13. The molecule has 2 aromatic rings. The van der Waals surface area contributed by atoms with Crippen LogP contribution in [0.5, 0.6) is 0 Å².